The van der Waals surface area contributed by atoms with E-state index in [0.717, 1.165) is 16.6 Å². The minimum absolute atomic E-state index is 0.0676. The average molecular weight is 335 g/mol. The summed E-state index contributed by atoms with van der Waals surface area (Å²) in [6, 6.07) is 14.6. The number of aromatic nitrogens is 1. The van der Waals surface area contributed by atoms with Gasteiger partial charge in [-0.1, -0.05) is 24.3 Å². The summed E-state index contributed by atoms with van der Waals surface area (Å²) in [4.78, 5) is 22.4. The van der Waals surface area contributed by atoms with Gasteiger partial charge in [-0.05, 0) is 36.4 Å². The zero-order valence-electron chi connectivity index (χ0n) is 13.9. The summed E-state index contributed by atoms with van der Waals surface area (Å²) < 4.78 is 7.21. The zero-order valence-corrected chi connectivity index (χ0v) is 13.9. The van der Waals surface area contributed by atoms with Gasteiger partial charge in [0.25, 0.3) is 0 Å². The van der Waals surface area contributed by atoms with Gasteiger partial charge in [-0.3, -0.25) is 4.79 Å². The van der Waals surface area contributed by atoms with Crippen LogP contribution >= 0.6 is 0 Å². The van der Waals surface area contributed by atoms with E-state index in [4.69, 9.17) is 9.84 Å². The van der Waals surface area contributed by atoms with E-state index in [2.05, 4.69) is 10.6 Å². The number of para-hydroxylation sites is 1. The summed E-state index contributed by atoms with van der Waals surface area (Å²) in [5, 5.41) is 10.2. The molecule has 3 rings (SSSR count). The molecule has 5 heteroatoms. The fraction of sp³-hybridized carbons (Fsp3) is 0.100. The number of aromatic carboxylic acids is 1. The molecule has 25 heavy (non-hydrogen) atoms. The van der Waals surface area contributed by atoms with Crippen molar-refractivity contribution < 1.29 is 19.4 Å². The Balaban J connectivity index is 2.00. The van der Waals surface area contributed by atoms with Gasteiger partial charge in [0.05, 0.1) is 5.56 Å². The second-order valence-corrected chi connectivity index (χ2v) is 5.67. The van der Waals surface area contributed by atoms with Gasteiger partial charge in [0.15, 0.2) is 0 Å². The van der Waals surface area contributed by atoms with E-state index >= 15 is 0 Å². The number of aryl methyl sites for hydroxylation is 1. The van der Waals surface area contributed by atoms with Crippen molar-refractivity contribution in [3.63, 3.8) is 0 Å². The van der Waals surface area contributed by atoms with E-state index in [1.54, 1.807) is 12.1 Å². The Morgan fingerprint density at radius 1 is 1.08 bits per heavy atom. The molecule has 0 amide bonds. The lowest BCUT2D eigenvalue weighted by atomic mass is 10.1. The van der Waals surface area contributed by atoms with E-state index in [9.17, 15) is 9.59 Å². The Labute approximate surface area is 144 Å². The molecule has 0 aliphatic carbocycles. The van der Waals surface area contributed by atoms with Crippen molar-refractivity contribution in [1.82, 2.24) is 4.57 Å². The molecule has 0 atom stereocenters. The highest BCUT2D eigenvalue weighted by Crippen LogP contribution is 2.25. The highest BCUT2D eigenvalue weighted by atomic mass is 16.5. The summed E-state index contributed by atoms with van der Waals surface area (Å²) in [5.74, 6) is -1.35. The topological polar surface area (TPSA) is 68.5 Å². The first-order valence-electron chi connectivity index (χ1n) is 7.74. The van der Waals surface area contributed by atoms with Crippen LogP contribution in [-0.4, -0.2) is 21.6 Å². The maximum absolute atomic E-state index is 11.3. The van der Waals surface area contributed by atoms with E-state index in [0.29, 0.717) is 5.56 Å². The number of carboxylic acid groups (broad SMARTS) is 1. The Hall–Kier alpha value is -3.34. The monoisotopic (exact) mass is 335 g/mol. The molecule has 5 nitrogen and oxygen atoms in total. The lowest BCUT2D eigenvalue weighted by Gasteiger charge is -2.07. The molecule has 0 aliphatic rings. The lowest BCUT2D eigenvalue weighted by Crippen LogP contribution is -2.05. The summed E-state index contributed by atoms with van der Waals surface area (Å²) in [7, 11) is 1.97. The molecule has 126 valence electrons. The van der Waals surface area contributed by atoms with E-state index in [1.165, 1.54) is 19.1 Å². The predicted molar refractivity (Wildman–Crippen MR) is 96.6 cm³/mol. The molecule has 0 bridgehead atoms. The third-order valence-corrected chi connectivity index (χ3v) is 3.94. The van der Waals surface area contributed by atoms with Crippen LogP contribution in [0.25, 0.3) is 23.1 Å². The van der Waals surface area contributed by atoms with Crippen molar-refractivity contribution >= 4 is 35.0 Å². The number of esters is 1. The van der Waals surface area contributed by atoms with Gasteiger partial charge in [0.2, 0.25) is 0 Å². The number of hydrogen-bond acceptors (Lipinski definition) is 3. The molecule has 0 saturated heterocycles. The van der Waals surface area contributed by atoms with Crippen molar-refractivity contribution in [3.05, 3.63) is 65.4 Å². The third-order valence-electron chi connectivity index (χ3n) is 3.94. The quantitative estimate of drug-likeness (QED) is 0.578. The van der Waals surface area contributed by atoms with E-state index < -0.39 is 11.9 Å². The third kappa shape index (κ3) is 3.45. The van der Waals surface area contributed by atoms with Gasteiger partial charge in [-0.25, -0.2) is 4.79 Å². The van der Waals surface area contributed by atoms with Gasteiger partial charge < -0.3 is 14.4 Å². The van der Waals surface area contributed by atoms with Crippen LogP contribution in [0.3, 0.4) is 0 Å². The van der Waals surface area contributed by atoms with Crippen molar-refractivity contribution in [1.29, 1.82) is 0 Å². The molecule has 1 aromatic heterocycles. The van der Waals surface area contributed by atoms with E-state index in [1.807, 2.05) is 37.4 Å². The molecule has 2 aromatic carbocycles. The van der Waals surface area contributed by atoms with Gasteiger partial charge in [-0.2, -0.15) is 0 Å². The van der Waals surface area contributed by atoms with Crippen LogP contribution < -0.4 is 4.74 Å². The van der Waals surface area contributed by atoms with Crippen molar-refractivity contribution in [2.45, 2.75) is 6.92 Å². The fourth-order valence-electron chi connectivity index (χ4n) is 2.69. The van der Waals surface area contributed by atoms with Gasteiger partial charge in [0.1, 0.15) is 5.75 Å². The van der Waals surface area contributed by atoms with Crippen LogP contribution in [0.5, 0.6) is 5.75 Å². The highest BCUT2D eigenvalue weighted by Gasteiger charge is 2.10. The number of ether oxygens (including phenoxy) is 1. The predicted octanol–water partition coefficient (Wildman–Crippen LogP) is 3.97. The molecule has 0 spiro atoms. The summed E-state index contributed by atoms with van der Waals surface area (Å²) in [6.45, 7) is 1.28. The number of nitrogens with zero attached hydrogens (tertiary/aromatic N) is 1. The van der Waals surface area contributed by atoms with Crippen LogP contribution in [0.15, 0.2) is 48.5 Å². The fourth-order valence-corrected chi connectivity index (χ4v) is 2.69. The smallest absolute Gasteiger partial charge is 0.335 e. The number of benzene rings is 2. The molecule has 0 radical (unpaired) electrons. The molecule has 0 unspecified atom stereocenters. The Morgan fingerprint density at radius 3 is 2.52 bits per heavy atom. The molecule has 0 saturated carbocycles. The van der Waals surface area contributed by atoms with Crippen LogP contribution in [0, 0.1) is 0 Å². The van der Waals surface area contributed by atoms with Gasteiger partial charge in [0, 0.05) is 36.1 Å². The molecule has 0 aliphatic heterocycles. The van der Waals surface area contributed by atoms with E-state index in [-0.39, 0.29) is 11.3 Å². The number of fused-ring (bicyclic) bond motifs is 1. The number of rotatable bonds is 4. The first kappa shape index (κ1) is 16.5. The van der Waals surface area contributed by atoms with Crippen LogP contribution in [0.2, 0.25) is 0 Å². The Morgan fingerprint density at radius 2 is 1.84 bits per heavy atom. The molecule has 1 N–H and O–H groups in total. The van der Waals surface area contributed by atoms with Gasteiger partial charge >= 0.3 is 11.9 Å². The lowest BCUT2D eigenvalue weighted by molar-refractivity contribution is -0.131. The maximum atomic E-state index is 11.3. The Bertz CT molecular complexity index is 998. The number of carboxylic acids is 1. The van der Waals surface area contributed by atoms with Crippen LogP contribution in [-0.2, 0) is 11.8 Å². The second kappa shape index (κ2) is 6.65. The number of carbonyl (C=O) groups excluding carboxylic acids is 1. The van der Waals surface area contributed by atoms with Crippen LogP contribution in [0.1, 0.15) is 28.5 Å². The molecular weight excluding hydrogens is 318 g/mol. The van der Waals surface area contributed by atoms with Crippen molar-refractivity contribution in [3.8, 4) is 5.75 Å². The largest absolute Gasteiger partial charge is 0.478 e. The number of hydrogen-bond donors (Lipinski definition) is 1. The summed E-state index contributed by atoms with van der Waals surface area (Å²) in [5.41, 5.74) is 2.80. The molecule has 3 aromatic rings. The summed E-state index contributed by atoms with van der Waals surface area (Å²) >= 11 is 0. The first-order valence-corrected chi connectivity index (χ1v) is 7.74. The van der Waals surface area contributed by atoms with Gasteiger partial charge in [-0.15, -0.1) is 0 Å². The summed E-state index contributed by atoms with van der Waals surface area (Å²) in [6.07, 6.45) is 3.71. The minimum Gasteiger partial charge on any atom is -0.478 e. The second-order valence-electron chi connectivity index (χ2n) is 5.67. The SMILES string of the molecule is CC(=O)Oc1cc(C(=O)O)ccc1C=Cc1cc2ccccc2n1C. The molecule has 0 fully saturated rings. The maximum Gasteiger partial charge on any atom is 0.335 e. The minimum atomic E-state index is -1.07. The highest BCUT2D eigenvalue weighted by molar-refractivity contribution is 5.90. The molecular formula is C20H17NO4. The van der Waals surface area contributed by atoms with Crippen molar-refractivity contribution in [2.75, 3.05) is 0 Å². The van der Waals surface area contributed by atoms with Crippen LogP contribution in [0.4, 0.5) is 0 Å². The average Bonchev–Trinajstić information content (AvgIpc) is 2.89. The normalized spacial score (nSPS) is 11.1. The van der Waals surface area contributed by atoms with Crippen molar-refractivity contribution in [2.24, 2.45) is 7.05 Å². The molecule has 1 heterocycles. The first-order chi connectivity index (χ1) is 12.0. The number of carbonyl (C=O) groups is 2. The zero-order chi connectivity index (χ0) is 18.0. The standard InChI is InChI=1S/C20H17NO4/c1-13(22)25-19-12-16(20(23)24)8-7-14(19)9-10-17-11-15-5-3-4-6-18(15)21(17)2/h3-12H,1-2H3,(H,23,24). The Kier molecular flexibility index (Phi) is 4.39.